The van der Waals surface area contributed by atoms with Crippen LogP contribution in [0.5, 0.6) is 11.5 Å². The van der Waals surface area contributed by atoms with Crippen molar-refractivity contribution in [2.45, 2.75) is 18.4 Å². The maximum atomic E-state index is 13.7. The maximum Gasteiger partial charge on any atom is 0.311 e. The quantitative estimate of drug-likeness (QED) is 0.615. The fourth-order valence-corrected chi connectivity index (χ4v) is 2.85. The second-order valence-corrected chi connectivity index (χ2v) is 5.60. The number of halogens is 1. The molecular weight excluding hydrogens is 329 g/mol. The van der Waals surface area contributed by atoms with Crippen LogP contribution in [-0.4, -0.2) is 36.6 Å². The van der Waals surface area contributed by atoms with Gasteiger partial charge in [-0.05, 0) is 12.1 Å². The summed E-state index contributed by atoms with van der Waals surface area (Å²) in [6.45, 7) is 7.78. The molecule has 1 aliphatic heterocycles. The molecule has 0 fully saturated rings. The summed E-state index contributed by atoms with van der Waals surface area (Å²) in [6, 6.07) is 4.31. The molecule has 0 bridgehead atoms. The van der Waals surface area contributed by atoms with Crippen molar-refractivity contribution >= 4 is 5.97 Å². The van der Waals surface area contributed by atoms with E-state index < -0.39 is 17.3 Å². The van der Waals surface area contributed by atoms with Crippen molar-refractivity contribution in [3.05, 3.63) is 47.3 Å². The molecular formula is C17H16FN3O4. The molecule has 0 N–H and O–H groups in total. The summed E-state index contributed by atoms with van der Waals surface area (Å²) < 4.78 is 30.5. The average Bonchev–Trinajstić information content (AvgIpc) is 3.21. The lowest BCUT2D eigenvalue weighted by atomic mass is 9.92. The fraction of sp³-hybridized carbons (Fsp3) is 0.353. The van der Waals surface area contributed by atoms with Crippen molar-refractivity contribution in [1.82, 2.24) is 9.78 Å². The van der Waals surface area contributed by atoms with Gasteiger partial charge in [-0.25, -0.2) is 15.6 Å². The van der Waals surface area contributed by atoms with Crippen molar-refractivity contribution in [2.24, 2.45) is 0 Å². The van der Waals surface area contributed by atoms with Gasteiger partial charge in [0, 0.05) is 12.5 Å². The standard InChI is InChI=1S/C17H16FN3O4/c1-19-17(7-6-15(22)24-3)10-25-14-9-20-21(16(14)17)11-4-5-12(18)13(8-11)23-2/h4-5,8-9H,6-7,10H2,2-3H3. The molecule has 1 unspecified atom stereocenters. The molecule has 2 aromatic rings. The van der Waals surface area contributed by atoms with E-state index in [-0.39, 0.29) is 25.2 Å². The number of hydrogen-bond acceptors (Lipinski definition) is 5. The zero-order chi connectivity index (χ0) is 18.0. The Morgan fingerprint density at radius 2 is 2.32 bits per heavy atom. The minimum atomic E-state index is -1.05. The lowest BCUT2D eigenvalue weighted by Crippen LogP contribution is -2.28. The van der Waals surface area contributed by atoms with Gasteiger partial charge in [-0.2, -0.15) is 5.10 Å². The van der Waals surface area contributed by atoms with Crippen LogP contribution in [0.3, 0.4) is 0 Å². The summed E-state index contributed by atoms with van der Waals surface area (Å²) in [5, 5.41) is 4.26. The molecule has 8 heteroatoms. The monoisotopic (exact) mass is 345 g/mol. The van der Waals surface area contributed by atoms with E-state index in [1.165, 1.54) is 37.2 Å². The highest BCUT2D eigenvalue weighted by molar-refractivity contribution is 5.69. The fourth-order valence-electron chi connectivity index (χ4n) is 2.85. The van der Waals surface area contributed by atoms with Crippen LogP contribution in [0.2, 0.25) is 0 Å². The second-order valence-electron chi connectivity index (χ2n) is 5.60. The number of benzene rings is 1. The van der Waals surface area contributed by atoms with E-state index in [0.29, 0.717) is 17.1 Å². The van der Waals surface area contributed by atoms with Gasteiger partial charge in [-0.1, -0.05) is 0 Å². The average molecular weight is 345 g/mol. The van der Waals surface area contributed by atoms with Crippen LogP contribution in [0.4, 0.5) is 4.39 Å². The minimum Gasteiger partial charge on any atom is -0.494 e. The van der Waals surface area contributed by atoms with Crippen molar-refractivity contribution in [3.63, 3.8) is 0 Å². The van der Waals surface area contributed by atoms with Gasteiger partial charge in [0.2, 0.25) is 0 Å². The molecule has 0 aliphatic carbocycles. The molecule has 0 amide bonds. The number of nitrogens with zero attached hydrogens (tertiary/aromatic N) is 3. The highest BCUT2D eigenvalue weighted by atomic mass is 19.1. The Hall–Kier alpha value is -3.08. The third-order valence-corrected chi connectivity index (χ3v) is 4.21. The molecule has 0 spiro atoms. The largest absolute Gasteiger partial charge is 0.494 e. The van der Waals surface area contributed by atoms with E-state index >= 15 is 0 Å². The van der Waals surface area contributed by atoms with E-state index in [0.717, 1.165) is 0 Å². The maximum absolute atomic E-state index is 13.7. The summed E-state index contributed by atoms with van der Waals surface area (Å²) >= 11 is 0. The molecule has 1 atom stereocenters. The lowest BCUT2D eigenvalue weighted by molar-refractivity contribution is -0.141. The van der Waals surface area contributed by atoms with E-state index in [4.69, 9.17) is 16.0 Å². The van der Waals surface area contributed by atoms with Crippen LogP contribution in [0.15, 0.2) is 24.4 Å². The Kier molecular flexibility index (Phi) is 4.31. The molecule has 0 saturated heterocycles. The first-order chi connectivity index (χ1) is 12.0. The summed E-state index contributed by atoms with van der Waals surface area (Å²) in [4.78, 5) is 15.2. The number of carbonyl (C=O) groups is 1. The third-order valence-electron chi connectivity index (χ3n) is 4.21. The number of methoxy groups -OCH3 is 2. The lowest BCUT2D eigenvalue weighted by Gasteiger charge is -2.17. The molecule has 0 saturated carbocycles. The number of aromatic nitrogens is 2. The predicted molar refractivity (Wildman–Crippen MR) is 85.1 cm³/mol. The SMILES string of the molecule is [C-]#[N+]C1(CCC(=O)OC)COc2cnn(-c3ccc(F)c(OC)c3)c21. The Balaban J connectivity index is 2.04. The summed E-state index contributed by atoms with van der Waals surface area (Å²) in [6.07, 6.45) is 1.83. The Bertz CT molecular complexity index is 858. The first kappa shape index (κ1) is 16.8. The van der Waals surface area contributed by atoms with Gasteiger partial charge >= 0.3 is 11.5 Å². The van der Waals surface area contributed by atoms with Gasteiger partial charge in [0.15, 0.2) is 29.6 Å². The Morgan fingerprint density at radius 3 is 3.00 bits per heavy atom. The molecule has 3 rings (SSSR count). The van der Waals surface area contributed by atoms with Crippen LogP contribution in [0, 0.1) is 12.4 Å². The van der Waals surface area contributed by atoms with Gasteiger partial charge in [0.25, 0.3) is 0 Å². The third kappa shape index (κ3) is 2.78. The highest BCUT2D eigenvalue weighted by Crippen LogP contribution is 2.44. The minimum absolute atomic E-state index is 0.0728. The van der Waals surface area contributed by atoms with Crippen LogP contribution < -0.4 is 9.47 Å². The topological polar surface area (TPSA) is 66.9 Å². The zero-order valence-corrected chi connectivity index (χ0v) is 13.8. The van der Waals surface area contributed by atoms with Crippen LogP contribution >= 0.6 is 0 Å². The normalized spacial score (nSPS) is 18.2. The van der Waals surface area contributed by atoms with E-state index in [2.05, 4.69) is 14.7 Å². The molecule has 2 heterocycles. The zero-order valence-electron chi connectivity index (χ0n) is 13.8. The van der Waals surface area contributed by atoms with Crippen LogP contribution in [-0.2, 0) is 15.1 Å². The molecule has 1 aromatic carbocycles. The van der Waals surface area contributed by atoms with Gasteiger partial charge in [-0.3, -0.25) is 9.64 Å². The molecule has 0 radical (unpaired) electrons. The van der Waals surface area contributed by atoms with Gasteiger partial charge in [0.05, 0.1) is 32.5 Å². The van der Waals surface area contributed by atoms with E-state index in [1.54, 1.807) is 6.07 Å². The van der Waals surface area contributed by atoms with Crippen molar-refractivity contribution in [2.75, 3.05) is 20.8 Å². The van der Waals surface area contributed by atoms with E-state index in [1.807, 2.05) is 0 Å². The number of ether oxygens (including phenoxy) is 3. The molecule has 130 valence electrons. The number of fused-ring (bicyclic) bond motifs is 1. The smallest absolute Gasteiger partial charge is 0.311 e. The first-order valence-electron chi connectivity index (χ1n) is 7.55. The molecule has 1 aliphatic rings. The van der Waals surface area contributed by atoms with Crippen LogP contribution in [0.1, 0.15) is 18.5 Å². The molecule has 25 heavy (non-hydrogen) atoms. The molecule has 1 aromatic heterocycles. The first-order valence-corrected chi connectivity index (χ1v) is 7.55. The summed E-state index contributed by atoms with van der Waals surface area (Å²) in [5.74, 6) is -0.341. The number of carbonyl (C=O) groups excluding carboxylic acids is 1. The van der Waals surface area contributed by atoms with E-state index in [9.17, 15) is 9.18 Å². The Morgan fingerprint density at radius 1 is 1.52 bits per heavy atom. The van der Waals surface area contributed by atoms with Crippen molar-refractivity contribution < 1.29 is 23.4 Å². The Labute approximate surface area is 143 Å². The van der Waals surface area contributed by atoms with Gasteiger partial charge < -0.3 is 14.2 Å². The number of esters is 1. The predicted octanol–water partition coefficient (Wildman–Crippen LogP) is 2.48. The number of hydrogen-bond donors (Lipinski definition) is 0. The number of rotatable bonds is 5. The summed E-state index contributed by atoms with van der Waals surface area (Å²) in [5.41, 5.74) is 0.0259. The summed E-state index contributed by atoms with van der Waals surface area (Å²) in [7, 11) is 2.68. The van der Waals surface area contributed by atoms with Gasteiger partial charge in [-0.15, -0.1) is 0 Å². The molecule has 7 nitrogen and oxygen atoms in total. The van der Waals surface area contributed by atoms with Gasteiger partial charge in [0.1, 0.15) is 0 Å². The second kappa shape index (κ2) is 6.43. The highest BCUT2D eigenvalue weighted by Gasteiger charge is 2.51. The van der Waals surface area contributed by atoms with Crippen molar-refractivity contribution in [3.8, 4) is 17.2 Å². The van der Waals surface area contributed by atoms with Crippen LogP contribution in [0.25, 0.3) is 10.5 Å². The van der Waals surface area contributed by atoms with Crippen molar-refractivity contribution in [1.29, 1.82) is 0 Å².